The molecule has 0 aromatic heterocycles. The Kier molecular flexibility index (Phi) is 7.76. The highest BCUT2D eigenvalue weighted by molar-refractivity contribution is 7.58. The van der Waals surface area contributed by atoms with Crippen LogP contribution in [0.4, 0.5) is 0 Å². The van der Waals surface area contributed by atoms with Crippen molar-refractivity contribution in [3.63, 3.8) is 0 Å². The highest BCUT2D eigenvalue weighted by Crippen LogP contribution is 2.44. The smallest absolute Gasteiger partial charge is 0.331 e. The Bertz CT molecular complexity index is 427. The van der Waals surface area contributed by atoms with E-state index in [1.54, 1.807) is 20.8 Å². The lowest BCUT2D eigenvalue weighted by Gasteiger charge is -2.15. The number of hydrogen-bond acceptors (Lipinski definition) is 3. The van der Waals surface area contributed by atoms with Gasteiger partial charge in [0.1, 0.15) is 0 Å². The number of rotatable bonds is 9. The van der Waals surface area contributed by atoms with Crippen LogP contribution in [-0.4, -0.2) is 39.4 Å². The molecule has 2 atom stereocenters. The molecule has 0 amide bonds. The fraction of sp³-hybridized carbons (Fsp3) is 0.692. The van der Waals surface area contributed by atoms with Crippen LogP contribution < -0.4 is 0 Å². The van der Waals surface area contributed by atoms with Crippen molar-refractivity contribution in [2.75, 3.05) is 12.3 Å². The molecule has 0 bridgehead atoms. The maximum Gasteiger partial charge on any atom is 0.331 e. The van der Waals surface area contributed by atoms with Crippen LogP contribution in [0.1, 0.15) is 33.6 Å². The summed E-state index contributed by atoms with van der Waals surface area (Å²) in [5.74, 6) is -2.44. The molecule has 0 spiro atoms. The second kappa shape index (κ2) is 8.22. The van der Waals surface area contributed by atoms with E-state index in [0.717, 1.165) is 0 Å². The lowest BCUT2D eigenvalue weighted by molar-refractivity contribution is -0.137. The molecule has 0 saturated heterocycles. The van der Waals surface area contributed by atoms with E-state index in [9.17, 15) is 19.0 Å². The van der Waals surface area contributed by atoms with Crippen LogP contribution >= 0.6 is 7.37 Å². The molecule has 0 aromatic rings. The first kappa shape index (κ1) is 18.9. The lowest BCUT2D eigenvalue weighted by Crippen LogP contribution is -2.11. The van der Waals surface area contributed by atoms with Crippen LogP contribution in [0.25, 0.3) is 0 Å². The van der Waals surface area contributed by atoms with Gasteiger partial charge in [-0.1, -0.05) is 26.8 Å². The number of carbonyl (C=O) groups is 2. The second-order valence-electron chi connectivity index (χ2n) is 5.49. The van der Waals surface area contributed by atoms with Crippen LogP contribution in [0.15, 0.2) is 11.6 Å². The monoisotopic (exact) mass is 306 g/mol. The van der Waals surface area contributed by atoms with Gasteiger partial charge in [0, 0.05) is 18.2 Å². The average Bonchev–Trinajstić information content (AvgIpc) is 2.23. The number of aliphatic carboxylic acids is 2. The van der Waals surface area contributed by atoms with Crippen molar-refractivity contribution in [2.24, 2.45) is 11.8 Å². The summed E-state index contributed by atoms with van der Waals surface area (Å²) in [7, 11) is -3.52. The first-order chi connectivity index (χ1) is 9.03. The quantitative estimate of drug-likeness (QED) is 0.445. The molecule has 0 aliphatic carbocycles. The van der Waals surface area contributed by atoms with Crippen molar-refractivity contribution in [1.29, 1.82) is 0 Å². The zero-order valence-corrected chi connectivity index (χ0v) is 13.0. The maximum atomic E-state index is 11.9. The molecule has 0 saturated carbocycles. The zero-order valence-electron chi connectivity index (χ0n) is 12.1. The molecule has 3 N–H and O–H groups in total. The van der Waals surface area contributed by atoms with E-state index in [1.165, 1.54) is 6.08 Å². The summed E-state index contributed by atoms with van der Waals surface area (Å²) < 4.78 is 11.9. The number of carboxylic acids is 2. The summed E-state index contributed by atoms with van der Waals surface area (Å²) in [6, 6.07) is 0. The molecule has 0 aliphatic heterocycles. The summed E-state index contributed by atoms with van der Waals surface area (Å²) in [5, 5.41) is 17.6. The van der Waals surface area contributed by atoms with Crippen LogP contribution in [0.2, 0.25) is 0 Å². The third-order valence-corrected chi connectivity index (χ3v) is 4.78. The predicted octanol–water partition coefficient (Wildman–Crippen LogP) is 2.42. The van der Waals surface area contributed by atoms with Gasteiger partial charge >= 0.3 is 11.9 Å². The van der Waals surface area contributed by atoms with E-state index in [0.29, 0.717) is 6.42 Å². The van der Waals surface area contributed by atoms with Gasteiger partial charge in [0.25, 0.3) is 0 Å². The number of allylic oxidation sites excluding steroid dienone is 1. The Morgan fingerprint density at radius 2 is 1.75 bits per heavy atom. The van der Waals surface area contributed by atoms with Gasteiger partial charge < -0.3 is 15.1 Å². The topological polar surface area (TPSA) is 112 Å². The summed E-state index contributed by atoms with van der Waals surface area (Å²) in [5.41, 5.74) is -0.116. The maximum absolute atomic E-state index is 11.9. The highest BCUT2D eigenvalue weighted by atomic mass is 31.2. The molecule has 2 unspecified atom stereocenters. The van der Waals surface area contributed by atoms with Gasteiger partial charge in [0.2, 0.25) is 7.37 Å². The van der Waals surface area contributed by atoms with Gasteiger partial charge in [-0.2, -0.15) is 0 Å². The van der Waals surface area contributed by atoms with Crippen molar-refractivity contribution in [1.82, 2.24) is 0 Å². The van der Waals surface area contributed by atoms with Crippen molar-refractivity contribution in [3.05, 3.63) is 11.6 Å². The third kappa shape index (κ3) is 8.88. The molecule has 0 fully saturated rings. The van der Waals surface area contributed by atoms with E-state index in [4.69, 9.17) is 10.2 Å². The Balaban J connectivity index is 4.84. The molecule has 0 radical (unpaired) electrons. The molecule has 0 aliphatic rings. The van der Waals surface area contributed by atoms with Gasteiger partial charge in [-0.25, -0.2) is 4.79 Å². The van der Waals surface area contributed by atoms with Crippen molar-refractivity contribution < 1.29 is 29.3 Å². The summed E-state index contributed by atoms with van der Waals surface area (Å²) >= 11 is 0. The summed E-state index contributed by atoms with van der Waals surface area (Å²) in [6.07, 6.45) is 1.31. The first-order valence-corrected chi connectivity index (χ1v) is 8.53. The minimum absolute atomic E-state index is 0.00492. The number of carboxylic acid groups (broad SMARTS) is 2. The molecule has 0 aromatic carbocycles. The van der Waals surface area contributed by atoms with Gasteiger partial charge in [-0.05, 0) is 18.3 Å². The van der Waals surface area contributed by atoms with Crippen molar-refractivity contribution in [3.8, 4) is 0 Å². The van der Waals surface area contributed by atoms with E-state index >= 15 is 0 Å². The Morgan fingerprint density at radius 3 is 2.15 bits per heavy atom. The third-order valence-electron chi connectivity index (χ3n) is 2.64. The van der Waals surface area contributed by atoms with E-state index in [1.807, 2.05) is 0 Å². The molecule has 7 heteroatoms. The standard InChI is InChI=1S/C13H23O6P/c1-9(2)7-20(18,19)8-11(13(16)17)6-10(3)4-5-12(14)15/h6,9-10H,4-5,7-8H2,1-3H3,(H,14,15)(H,16,17)(H,18,19)/b11-6+. The van der Waals surface area contributed by atoms with Crippen LogP contribution in [0, 0.1) is 11.8 Å². The van der Waals surface area contributed by atoms with Gasteiger partial charge in [0.15, 0.2) is 0 Å². The van der Waals surface area contributed by atoms with Crippen molar-refractivity contribution >= 4 is 19.3 Å². The van der Waals surface area contributed by atoms with Crippen LogP contribution in [0.5, 0.6) is 0 Å². The normalized spacial score (nSPS) is 16.8. The SMILES string of the molecule is CC(C)CP(=O)(O)C/C(=C\C(C)CCC(=O)O)C(=O)O. The average molecular weight is 306 g/mol. The number of hydrogen-bond donors (Lipinski definition) is 3. The van der Waals surface area contributed by atoms with E-state index in [-0.39, 0.29) is 36.2 Å². The fourth-order valence-electron chi connectivity index (χ4n) is 1.87. The Labute approximate surface area is 119 Å². The summed E-state index contributed by atoms with van der Waals surface area (Å²) in [4.78, 5) is 31.4. The minimum atomic E-state index is -3.52. The second-order valence-corrected chi connectivity index (χ2v) is 7.86. The molecule has 0 rings (SSSR count). The van der Waals surface area contributed by atoms with Crippen molar-refractivity contribution in [2.45, 2.75) is 33.6 Å². The van der Waals surface area contributed by atoms with Gasteiger partial charge in [-0.3, -0.25) is 9.36 Å². The summed E-state index contributed by atoms with van der Waals surface area (Å²) in [6.45, 7) is 5.28. The van der Waals surface area contributed by atoms with Gasteiger partial charge in [-0.15, -0.1) is 0 Å². The Hall–Kier alpha value is -1.13. The lowest BCUT2D eigenvalue weighted by atomic mass is 10.0. The highest BCUT2D eigenvalue weighted by Gasteiger charge is 2.25. The fourth-order valence-corrected chi connectivity index (χ4v) is 3.91. The molecule has 20 heavy (non-hydrogen) atoms. The van der Waals surface area contributed by atoms with Crippen LogP contribution in [0.3, 0.4) is 0 Å². The largest absolute Gasteiger partial charge is 0.481 e. The molecular formula is C13H23O6P. The molecular weight excluding hydrogens is 283 g/mol. The van der Waals surface area contributed by atoms with Gasteiger partial charge in [0.05, 0.1) is 6.16 Å². The van der Waals surface area contributed by atoms with E-state index < -0.39 is 19.3 Å². The Morgan fingerprint density at radius 1 is 1.20 bits per heavy atom. The molecule has 6 nitrogen and oxygen atoms in total. The minimum Gasteiger partial charge on any atom is -0.481 e. The van der Waals surface area contributed by atoms with E-state index in [2.05, 4.69) is 0 Å². The molecule has 116 valence electrons. The first-order valence-electron chi connectivity index (χ1n) is 6.50. The molecule has 0 heterocycles. The predicted molar refractivity (Wildman–Crippen MR) is 76.1 cm³/mol. The zero-order chi connectivity index (χ0) is 15.9. The van der Waals surface area contributed by atoms with Crippen LogP contribution in [-0.2, 0) is 14.2 Å².